The van der Waals surface area contributed by atoms with E-state index in [4.69, 9.17) is 5.73 Å². The van der Waals surface area contributed by atoms with Crippen LogP contribution in [0.2, 0.25) is 0 Å². The van der Waals surface area contributed by atoms with Crippen molar-refractivity contribution in [2.45, 2.75) is 19.4 Å². The first kappa shape index (κ1) is 11.9. The Morgan fingerprint density at radius 1 is 1.56 bits per heavy atom. The molecule has 0 radical (unpaired) electrons. The summed E-state index contributed by atoms with van der Waals surface area (Å²) in [5, 5.41) is 8.20. The van der Waals surface area contributed by atoms with E-state index in [1.165, 1.54) is 12.1 Å². The SMILES string of the molecule is CC(CC(N)=O)NC(=O)c1ccc(=O)[nH]n1. The van der Waals surface area contributed by atoms with Crippen LogP contribution in [0.5, 0.6) is 0 Å². The number of aromatic nitrogens is 2. The third-order valence-corrected chi connectivity index (χ3v) is 1.80. The van der Waals surface area contributed by atoms with Crippen LogP contribution >= 0.6 is 0 Å². The van der Waals surface area contributed by atoms with Crippen molar-refractivity contribution < 1.29 is 9.59 Å². The number of amides is 2. The molecule has 1 atom stereocenters. The quantitative estimate of drug-likeness (QED) is 0.593. The van der Waals surface area contributed by atoms with Crippen LogP contribution in [0.3, 0.4) is 0 Å². The van der Waals surface area contributed by atoms with Crippen molar-refractivity contribution in [1.29, 1.82) is 0 Å². The average Bonchev–Trinajstić information content (AvgIpc) is 2.16. The molecule has 16 heavy (non-hydrogen) atoms. The van der Waals surface area contributed by atoms with Crippen molar-refractivity contribution in [2.75, 3.05) is 0 Å². The molecule has 86 valence electrons. The molecule has 0 aliphatic carbocycles. The third kappa shape index (κ3) is 3.52. The van der Waals surface area contributed by atoms with Crippen LogP contribution < -0.4 is 16.6 Å². The van der Waals surface area contributed by atoms with Crippen LogP contribution in [0.1, 0.15) is 23.8 Å². The Morgan fingerprint density at radius 2 is 2.25 bits per heavy atom. The second-order valence-corrected chi connectivity index (χ2v) is 3.35. The first-order chi connectivity index (χ1) is 7.49. The minimum Gasteiger partial charge on any atom is -0.370 e. The maximum Gasteiger partial charge on any atom is 0.271 e. The summed E-state index contributed by atoms with van der Waals surface area (Å²) in [5.41, 5.74) is 4.67. The highest BCUT2D eigenvalue weighted by Crippen LogP contribution is 1.93. The van der Waals surface area contributed by atoms with Gasteiger partial charge >= 0.3 is 0 Å². The molecule has 0 bridgehead atoms. The monoisotopic (exact) mass is 224 g/mol. The van der Waals surface area contributed by atoms with Crippen LogP contribution in [-0.4, -0.2) is 28.1 Å². The van der Waals surface area contributed by atoms with Crippen LogP contribution in [-0.2, 0) is 4.79 Å². The predicted molar refractivity (Wildman–Crippen MR) is 55.6 cm³/mol. The summed E-state index contributed by atoms with van der Waals surface area (Å²) < 4.78 is 0. The number of carbonyl (C=O) groups is 2. The molecule has 0 saturated carbocycles. The number of hydrogen-bond donors (Lipinski definition) is 3. The maximum atomic E-state index is 11.5. The lowest BCUT2D eigenvalue weighted by molar-refractivity contribution is -0.118. The van der Waals surface area contributed by atoms with Crippen molar-refractivity contribution in [1.82, 2.24) is 15.5 Å². The first-order valence-electron chi connectivity index (χ1n) is 4.64. The second kappa shape index (κ2) is 5.06. The van der Waals surface area contributed by atoms with Gasteiger partial charge in [0, 0.05) is 18.5 Å². The molecular weight excluding hydrogens is 212 g/mol. The summed E-state index contributed by atoms with van der Waals surface area (Å²) in [6.45, 7) is 1.65. The Bertz CT molecular complexity index is 434. The largest absolute Gasteiger partial charge is 0.370 e. The standard InChI is InChI=1S/C9H12N4O3/c1-5(4-7(10)14)11-9(16)6-2-3-8(15)13-12-6/h2-3,5H,4H2,1H3,(H2,10,14)(H,11,16)(H,13,15). The number of primary amides is 1. The lowest BCUT2D eigenvalue weighted by Gasteiger charge is -2.10. The molecule has 4 N–H and O–H groups in total. The van der Waals surface area contributed by atoms with Crippen LogP contribution in [0, 0.1) is 0 Å². The molecule has 0 saturated heterocycles. The Hall–Kier alpha value is -2.18. The Kier molecular flexibility index (Phi) is 3.76. The van der Waals surface area contributed by atoms with Gasteiger partial charge in [-0.25, -0.2) is 5.10 Å². The number of nitrogens with one attached hydrogen (secondary N) is 2. The second-order valence-electron chi connectivity index (χ2n) is 3.35. The zero-order chi connectivity index (χ0) is 12.1. The lowest BCUT2D eigenvalue weighted by Crippen LogP contribution is -2.36. The van der Waals surface area contributed by atoms with Crippen LogP contribution in [0.25, 0.3) is 0 Å². The molecular formula is C9H12N4O3. The van der Waals surface area contributed by atoms with E-state index in [0.717, 1.165) is 0 Å². The minimum absolute atomic E-state index is 0.0507. The highest BCUT2D eigenvalue weighted by Gasteiger charge is 2.12. The van der Waals surface area contributed by atoms with Crippen LogP contribution in [0.4, 0.5) is 0 Å². The number of aromatic amines is 1. The molecule has 7 heteroatoms. The van der Waals surface area contributed by atoms with Gasteiger partial charge in [0.2, 0.25) is 5.91 Å². The minimum atomic E-state index is -0.498. The zero-order valence-corrected chi connectivity index (χ0v) is 8.69. The zero-order valence-electron chi connectivity index (χ0n) is 8.69. The van der Waals surface area contributed by atoms with E-state index >= 15 is 0 Å². The average molecular weight is 224 g/mol. The number of nitrogens with zero attached hydrogens (tertiary/aromatic N) is 1. The van der Waals surface area contributed by atoms with Crippen molar-refractivity contribution in [3.05, 3.63) is 28.2 Å². The Morgan fingerprint density at radius 3 is 2.75 bits per heavy atom. The fourth-order valence-corrected chi connectivity index (χ4v) is 1.12. The summed E-state index contributed by atoms with van der Waals surface area (Å²) in [6.07, 6.45) is 0.0507. The molecule has 0 spiro atoms. The van der Waals surface area contributed by atoms with E-state index in [2.05, 4.69) is 15.5 Å². The Labute approximate surface area is 91.0 Å². The fourth-order valence-electron chi connectivity index (χ4n) is 1.12. The predicted octanol–water partition coefficient (Wildman–Crippen LogP) is -1.24. The van der Waals surface area contributed by atoms with Crippen molar-refractivity contribution >= 4 is 11.8 Å². The molecule has 1 rings (SSSR count). The smallest absolute Gasteiger partial charge is 0.271 e. The van der Waals surface area contributed by atoms with E-state index < -0.39 is 11.8 Å². The Balaban J connectivity index is 2.62. The highest BCUT2D eigenvalue weighted by molar-refractivity contribution is 5.92. The van der Waals surface area contributed by atoms with E-state index in [-0.39, 0.29) is 23.7 Å². The first-order valence-corrected chi connectivity index (χ1v) is 4.64. The van der Waals surface area contributed by atoms with Crippen molar-refractivity contribution in [3.63, 3.8) is 0 Å². The van der Waals surface area contributed by atoms with Gasteiger partial charge in [0.1, 0.15) is 5.69 Å². The molecule has 0 fully saturated rings. The molecule has 1 aromatic heterocycles. The van der Waals surface area contributed by atoms with Gasteiger partial charge in [0.05, 0.1) is 0 Å². The van der Waals surface area contributed by atoms with Gasteiger partial charge in [-0.15, -0.1) is 0 Å². The van der Waals surface area contributed by atoms with Gasteiger partial charge in [0.25, 0.3) is 11.5 Å². The van der Waals surface area contributed by atoms with Gasteiger partial charge in [-0.05, 0) is 13.0 Å². The third-order valence-electron chi connectivity index (χ3n) is 1.80. The molecule has 7 nitrogen and oxygen atoms in total. The van der Waals surface area contributed by atoms with E-state index in [9.17, 15) is 14.4 Å². The number of rotatable bonds is 4. The van der Waals surface area contributed by atoms with Gasteiger partial charge in [0.15, 0.2) is 0 Å². The molecule has 1 aromatic rings. The van der Waals surface area contributed by atoms with Crippen molar-refractivity contribution in [2.24, 2.45) is 5.73 Å². The van der Waals surface area contributed by atoms with E-state index in [0.29, 0.717) is 0 Å². The topological polar surface area (TPSA) is 118 Å². The molecule has 0 aromatic carbocycles. The van der Waals surface area contributed by atoms with Gasteiger partial charge in [-0.3, -0.25) is 14.4 Å². The van der Waals surface area contributed by atoms with Gasteiger partial charge < -0.3 is 11.1 Å². The number of nitrogens with two attached hydrogens (primary N) is 1. The summed E-state index contributed by atoms with van der Waals surface area (Å²) in [6, 6.07) is 2.12. The number of carbonyl (C=O) groups excluding carboxylic acids is 2. The van der Waals surface area contributed by atoms with Crippen LogP contribution in [0.15, 0.2) is 16.9 Å². The molecule has 0 aliphatic heterocycles. The summed E-state index contributed by atoms with van der Waals surface area (Å²) in [5.74, 6) is -0.966. The van der Waals surface area contributed by atoms with Gasteiger partial charge in [-0.1, -0.05) is 0 Å². The molecule has 2 amide bonds. The summed E-state index contributed by atoms with van der Waals surface area (Å²) in [4.78, 5) is 32.8. The van der Waals surface area contributed by atoms with E-state index in [1.54, 1.807) is 6.92 Å². The lowest BCUT2D eigenvalue weighted by atomic mass is 10.2. The van der Waals surface area contributed by atoms with E-state index in [1.807, 2.05) is 0 Å². The summed E-state index contributed by atoms with van der Waals surface area (Å²) in [7, 11) is 0. The molecule has 0 aliphatic rings. The molecule has 1 heterocycles. The summed E-state index contributed by atoms with van der Waals surface area (Å²) >= 11 is 0. The highest BCUT2D eigenvalue weighted by atomic mass is 16.2. The fraction of sp³-hybridized carbons (Fsp3) is 0.333. The number of hydrogen-bond acceptors (Lipinski definition) is 4. The number of H-pyrrole nitrogens is 1. The molecule has 1 unspecified atom stereocenters. The van der Waals surface area contributed by atoms with Gasteiger partial charge in [-0.2, -0.15) is 5.10 Å². The maximum absolute atomic E-state index is 11.5. The normalized spacial score (nSPS) is 11.8. The van der Waals surface area contributed by atoms with Crippen molar-refractivity contribution in [3.8, 4) is 0 Å².